The molecule has 1 rings (SSSR count). The fourth-order valence-corrected chi connectivity index (χ4v) is 1.30. The first kappa shape index (κ1) is 11.9. The highest BCUT2D eigenvalue weighted by molar-refractivity contribution is 6.30. The van der Waals surface area contributed by atoms with Gasteiger partial charge in [0.2, 0.25) is 5.91 Å². The molecular weight excluding hydrogens is 221 g/mol. The van der Waals surface area contributed by atoms with Crippen LogP contribution in [0.5, 0.6) is 0 Å². The van der Waals surface area contributed by atoms with Crippen LogP contribution in [-0.4, -0.2) is 24.2 Å². The molecule has 3 nitrogen and oxygen atoms in total. The second-order valence-corrected chi connectivity index (χ2v) is 3.42. The van der Waals surface area contributed by atoms with Crippen molar-refractivity contribution in [2.45, 2.75) is 6.42 Å². The zero-order chi connectivity index (χ0) is 11.3. The summed E-state index contributed by atoms with van der Waals surface area (Å²) in [6, 6.07) is 4.05. The number of rotatable bonds is 4. The summed E-state index contributed by atoms with van der Waals surface area (Å²) < 4.78 is 13.2. The molecule has 0 aliphatic carbocycles. The number of nitrogens with one attached hydrogen (secondary N) is 1. The third-order valence-corrected chi connectivity index (χ3v) is 2.03. The number of aliphatic hydroxyl groups excluding tert-OH is 1. The fourth-order valence-electron chi connectivity index (χ4n) is 1.11. The van der Waals surface area contributed by atoms with Crippen LogP contribution in [0.4, 0.5) is 4.39 Å². The molecule has 0 aliphatic rings. The van der Waals surface area contributed by atoms with Crippen LogP contribution in [0.25, 0.3) is 0 Å². The average molecular weight is 232 g/mol. The van der Waals surface area contributed by atoms with Crippen LogP contribution in [0.1, 0.15) is 5.56 Å². The van der Waals surface area contributed by atoms with E-state index in [4.69, 9.17) is 16.7 Å². The molecule has 1 amide bonds. The maximum absolute atomic E-state index is 13.2. The molecule has 0 saturated carbocycles. The van der Waals surface area contributed by atoms with E-state index in [9.17, 15) is 9.18 Å². The lowest BCUT2D eigenvalue weighted by Crippen LogP contribution is -2.28. The molecule has 0 spiro atoms. The molecule has 0 radical (unpaired) electrons. The molecule has 1 aromatic rings. The van der Waals surface area contributed by atoms with E-state index in [0.29, 0.717) is 5.02 Å². The van der Waals surface area contributed by atoms with Crippen molar-refractivity contribution in [1.82, 2.24) is 5.32 Å². The first-order valence-electron chi connectivity index (χ1n) is 4.45. The molecule has 0 saturated heterocycles. The van der Waals surface area contributed by atoms with Crippen molar-refractivity contribution in [3.63, 3.8) is 0 Å². The van der Waals surface area contributed by atoms with Crippen LogP contribution in [0.15, 0.2) is 18.2 Å². The van der Waals surface area contributed by atoms with Gasteiger partial charge in [0, 0.05) is 11.6 Å². The zero-order valence-electron chi connectivity index (χ0n) is 7.96. The van der Waals surface area contributed by atoms with Gasteiger partial charge in [-0.3, -0.25) is 4.79 Å². The smallest absolute Gasteiger partial charge is 0.224 e. The SMILES string of the molecule is O=C(Cc1cc(Cl)ccc1F)NCCO. The van der Waals surface area contributed by atoms with Crippen LogP contribution < -0.4 is 5.32 Å². The summed E-state index contributed by atoms with van der Waals surface area (Å²) in [5.41, 5.74) is 0.248. The molecule has 82 valence electrons. The summed E-state index contributed by atoms with van der Waals surface area (Å²) in [6.07, 6.45) is -0.0770. The number of amides is 1. The van der Waals surface area contributed by atoms with Gasteiger partial charge in [-0.25, -0.2) is 4.39 Å². The highest BCUT2D eigenvalue weighted by Gasteiger charge is 2.08. The van der Waals surface area contributed by atoms with Crippen molar-refractivity contribution in [1.29, 1.82) is 0 Å². The summed E-state index contributed by atoms with van der Waals surface area (Å²) in [5, 5.41) is 11.3. The lowest BCUT2D eigenvalue weighted by molar-refractivity contribution is -0.120. The van der Waals surface area contributed by atoms with Crippen molar-refractivity contribution in [3.05, 3.63) is 34.6 Å². The molecule has 15 heavy (non-hydrogen) atoms. The Labute approximate surface area is 91.9 Å². The quantitative estimate of drug-likeness (QED) is 0.816. The number of hydrogen-bond donors (Lipinski definition) is 2. The van der Waals surface area contributed by atoms with Crippen molar-refractivity contribution in [2.24, 2.45) is 0 Å². The lowest BCUT2D eigenvalue weighted by Gasteiger charge is -2.04. The van der Waals surface area contributed by atoms with Gasteiger partial charge in [-0.2, -0.15) is 0 Å². The molecule has 0 unspecified atom stereocenters. The van der Waals surface area contributed by atoms with Gasteiger partial charge in [-0.15, -0.1) is 0 Å². The molecule has 2 N–H and O–H groups in total. The average Bonchev–Trinajstić information content (AvgIpc) is 2.20. The Hall–Kier alpha value is -1.13. The molecule has 0 aliphatic heterocycles. The van der Waals surface area contributed by atoms with E-state index in [1.54, 1.807) is 0 Å². The van der Waals surface area contributed by atoms with E-state index in [1.165, 1.54) is 18.2 Å². The van der Waals surface area contributed by atoms with E-state index in [2.05, 4.69) is 5.32 Å². The van der Waals surface area contributed by atoms with Crippen LogP contribution in [0.3, 0.4) is 0 Å². The Kier molecular flexibility index (Phi) is 4.52. The highest BCUT2D eigenvalue weighted by Crippen LogP contribution is 2.15. The van der Waals surface area contributed by atoms with Crippen molar-refractivity contribution >= 4 is 17.5 Å². The minimum atomic E-state index is -0.460. The number of halogens is 2. The summed E-state index contributed by atoms with van der Waals surface area (Å²) >= 11 is 5.67. The van der Waals surface area contributed by atoms with Gasteiger partial charge in [-0.05, 0) is 23.8 Å². The predicted molar refractivity (Wildman–Crippen MR) is 55.2 cm³/mol. The number of carbonyl (C=O) groups excluding carboxylic acids is 1. The van der Waals surface area contributed by atoms with Crippen LogP contribution in [0.2, 0.25) is 5.02 Å². The van der Waals surface area contributed by atoms with Gasteiger partial charge in [0.15, 0.2) is 0 Å². The van der Waals surface area contributed by atoms with Crippen LogP contribution in [0, 0.1) is 5.82 Å². The maximum atomic E-state index is 13.2. The molecule has 1 aromatic carbocycles. The molecular formula is C10H11ClFNO2. The van der Waals surface area contributed by atoms with E-state index in [0.717, 1.165) is 0 Å². The monoisotopic (exact) mass is 231 g/mol. The Morgan fingerprint density at radius 1 is 1.53 bits per heavy atom. The second-order valence-electron chi connectivity index (χ2n) is 2.99. The summed E-state index contributed by atoms with van der Waals surface area (Å²) in [7, 11) is 0. The lowest BCUT2D eigenvalue weighted by atomic mass is 10.1. The van der Waals surface area contributed by atoms with Gasteiger partial charge in [-0.1, -0.05) is 11.6 Å². The predicted octanol–water partition coefficient (Wildman–Crippen LogP) is 1.13. The van der Waals surface area contributed by atoms with Crippen molar-refractivity contribution in [3.8, 4) is 0 Å². The number of carbonyl (C=O) groups is 1. The first-order valence-corrected chi connectivity index (χ1v) is 4.82. The largest absolute Gasteiger partial charge is 0.395 e. The highest BCUT2D eigenvalue weighted by atomic mass is 35.5. The summed E-state index contributed by atoms with van der Waals surface area (Å²) in [6.45, 7) is 0.0325. The van der Waals surface area contributed by atoms with Gasteiger partial charge in [0.05, 0.1) is 13.0 Å². The Morgan fingerprint density at radius 3 is 2.93 bits per heavy atom. The molecule has 5 heteroatoms. The minimum Gasteiger partial charge on any atom is -0.395 e. The Morgan fingerprint density at radius 2 is 2.27 bits per heavy atom. The normalized spacial score (nSPS) is 10.1. The third kappa shape index (κ3) is 3.85. The van der Waals surface area contributed by atoms with Crippen molar-refractivity contribution in [2.75, 3.05) is 13.2 Å². The van der Waals surface area contributed by atoms with Crippen LogP contribution in [-0.2, 0) is 11.2 Å². The van der Waals surface area contributed by atoms with E-state index in [-0.39, 0.29) is 31.0 Å². The minimum absolute atomic E-state index is 0.0770. The van der Waals surface area contributed by atoms with E-state index < -0.39 is 5.82 Å². The second kappa shape index (κ2) is 5.68. The van der Waals surface area contributed by atoms with Crippen LogP contribution >= 0.6 is 11.6 Å². The number of benzene rings is 1. The molecule has 0 aromatic heterocycles. The molecule has 0 atom stereocenters. The van der Waals surface area contributed by atoms with Gasteiger partial charge in [0.25, 0.3) is 0 Å². The Bertz CT molecular complexity index is 357. The molecule has 0 bridgehead atoms. The number of hydrogen-bond acceptors (Lipinski definition) is 2. The van der Waals surface area contributed by atoms with E-state index >= 15 is 0 Å². The van der Waals surface area contributed by atoms with Crippen molar-refractivity contribution < 1.29 is 14.3 Å². The van der Waals surface area contributed by atoms with Gasteiger partial charge < -0.3 is 10.4 Å². The summed E-state index contributed by atoms with van der Waals surface area (Å²) in [4.78, 5) is 11.2. The van der Waals surface area contributed by atoms with E-state index in [1.807, 2.05) is 0 Å². The first-order chi connectivity index (χ1) is 7.13. The fraction of sp³-hybridized carbons (Fsp3) is 0.300. The summed E-state index contributed by atoms with van der Waals surface area (Å²) in [5.74, 6) is -0.802. The standard InChI is InChI=1S/C10H11ClFNO2/c11-8-1-2-9(12)7(5-8)6-10(15)13-3-4-14/h1-2,5,14H,3-4,6H2,(H,13,15). The molecule has 0 heterocycles. The van der Waals surface area contributed by atoms with Gasteiger partial charge >= 0.3 is 0 Å². The van der Waals surface area contributed by atoms with Gasteiger partial charge in [0.1, 0.15) is 5.82 Å². The Balaban J connectivity index is 2.63. The number of aliphatic hydroxyl groups is 1. The third-order valence-electron chi connectivity index (χ3n) is 1.79. The topological polar surface area (TPSA) is 49.3 Å². The maximum Gasteiger partial charge on any atom is 0.224 e. The zero-order valence-corrected chi connectivity index (χ0v) is 8.72. The molecule has 0 fully saturated rings.